The Hall–Kier alpha value is -3.28. The maximum absolute atomic E-state index is 5.76. The molecule has 1 aromatic heterocycles. The van der Waals surface area contributed by atoms with Gasteiger partial charge in [0.15, 0.2) is 5.96 Å². The van der Waals surface area contributed by atoms with E-state index >= 15 is 0 Å². The number of ether oxygens (including phenoxy) is 1. The number of benzene rings is 2. The molecule has 6 nitrogen and oxygen atoms in total. The first-order valence-electron chi connectivity index (χ1n) is 10.4. The van der Waals surface area contributed by atoms with Gasteiger partial charge in [0, 0.05) is 51.1 Å². The molecule has 0 saturated carbocycles. The fraction of sp³-hybridized carbons (Fsp3) is 0.333. The molecule has 0 radical (unpaired) electrons. The van der Waals surface area contributed by atoms with Gasteiger partial charge in [0.2, 0.25) is 0 Å². The second-order valence-corrected chi connectivity index (χ2v) is 7.10. The molecule has 0 bridgehead atoms. The summed E-state index contributed by atoms with van der Waals surface area (Å²) in [6.45, 7) is 6.95. The highest BCUT2D eigenvalue weighted by Gasteiger charge is 2.07. The average molecular weight is 406 g/mol. The maximum Gasteiger partial charge on any atom is 0.191 e. The molecule has 0 amide bonds. The fourth-order valence-corrected chi connectivity index (χ4v) is 3.28. The minimum absolute atomic E-state index is 0.651. The maximum atomic E-state index is 5.76. The SMILES string of the molecule is CCOc1cc(C)ccc1CNC(=NC)NCCc1nccn1Cc1ccccc1. The first-order chi connectivity index (χ1) is 14.7. The molecule has 1 heterocycles. The Labute approximate surface area is 179 Å². The van der Waals surface area contributed by atoms with Crippen LogP contribution < -0.4 is 15.4 Å². The molecule has 2 aromatic carbocycles. The molecule has 2 N–H and O–H groups in total. The molecular formula is C24H31N5O. The third-order valence-corrected chi connectivity index (χ3v) is 4.83. The summed E-state index contributed by atoms with van der Waals surface area (Å²) in [5.41, 5.74) is 3.57. The van der Waals surface area contributed by atoms with Crippen LogP contribution in [0.2, 0.25) is 0 Å². The van der Waals surface area contributed by atoms with Crippen LogP contribution in [0.5, 0.6) is 5.75 Å². The van der Waals surface area contributed by atoms with Gasteiger partial charge in [0.05, 0.1) is 6.61 Å². The molecule has 0 atom stereocenters. The van der Waals surface area contributed by atoms with Gasteiger partial charge in [-0.1, -0.05) is 42.5 Å². The van der Waals surface area contributed by atoms with E-state index in [9.17, 15) is 0 Å². The lowest BCUT2D eigenvalue weighted by Crippen LogP contribution is -2.38. The number of hydrogen-bond donors (Lipinski definition) is 2. The predicted octanol–water partition coefficient (Wildman–Crippen LogP) is 3.55. The highest BCUT2D eigenvalue weighted by Crippen LogP contribution is 2.20. The Morgan fingerprint density at radius 3 is 2.73 bits per heavy atom. The van der Waals surface area contributed by atoms with Gasteiger partial charge in [0.1, 0.15) is 11.6 Å². The molecule has 3 rings (SSSR count). The molecule has 3 aromatic rings. The second-order valence-electron chi connectivity index (χ2n) is 7.10. The molecule has 30 heavy (non-hydrogen) atoms. The van der Waals surface area contributed by atoms with Crippen molar-refractivity contribution in [3.63, 3.8) is 0 Å². The van der Waals surface area contributed by atoms with E-state index in [1.54, 1.807) is 7.05 Å². The molecule has 0 aliphatic heterocycles. The van der Waals surface area contributed by atoms with Crippen molar-refractivity contribution >= 4 is 5.96 Å². The highest BCUT2D eigenvalue weighted by atomic mass is 16.5. The summed E-state index contributed by atoms with van der Waals surface area (Å²) in [4.78, 5) is 8.85. The largest absolute Gasteiger partial charge is 0.494 e. The van der Waals surface area contributed by atoms with E-state index in [0.29, 0.717) is 13.2 Å². The van der Waals surface area contributed by atoms with Crippen molar-refractivity contribution < 1.29 is 4.74 Å². The van der Waals surface area contributed by atoms with E-state index in [1.165, 1.54) is 11.1 Å². The first kappa shape index (κ1) is 21.4. The average Bonchev–Trinajstić information content (AvgIpc) is 3.19. The summed E-state index contributed by atoms with van der Waals surface area (Å²) in [5, 5.41) is 6.75. The van der Waals surface area contributed by atoms with Crippen molar-refractivity contribution in [3.8, 4) is 5.75 Å². The van der Waals surface area contributed by atoms with Crippen LogP contribution in [0.3, 0.4) is 0 Å². The summed E-state index contributed by atoms with van der Waals surface area (Å²) in [7, 11) is 1.78. The Kier molecular flexibility index (Phi) is 7.89. The minimum atomic E-state index is 0.651. The Bertz CT molecular complexity index is 949. The van der Waals surface area contributed by atoms with Crippen LogP contribution in [-0.2, 0) is 19.5 Å². The number of guanidine groups is 1. The number of nitrogens with zero attached hydrogens (tertiary/aromatic N) is 3. The van der Waals surface area contributed by atoms with Crippen LogP contribution in [0, 0.1) is 6.92 Å². The monoisotopic (exact) mass is 405 g/mol. The molecule has 158 valence electrons. The highest BCUT2D eigenvalue weighted by molar-refractivity contribution is 5.79. The van der Waals surface area contributed by atoms with Gasteiger partial charge in [0.25, 0.3) is 0 Å². The summed E-state index contributed by atoms with van der Waals surface area (Å²) in [6.07, 6.45) is 4.70. The fourth-order valence-electron chi connectivity index (χ4n) is 3.28. The summed E-state index contributed by atoms with van der Waals surface area (Å²) < 4.78 is 7.95. The van der Waals surface area contributed by atoms with Gasteiger partial charge in [-0.25, -0.2) is 4.98 Å². The molecule has 0 aliphatic rings. The number of rotatable bonds is 9. The lowest BCUT2D eigenvalue weighted by Gasteiger charge is -2.15. The molecule has 0 saturated heterocycles. The van der Waals surface area contributed by atoms with Crippen LogP contribution in [0.1, 0.15) is 29.4 Å². The van der Waals surface area contributed by atoms with Gasteiger partial charge >= 0.3 is 0 Å². The topological polar surface area (TPSA) is 63.5 Å². The van der Waals surface area contributed by atoms with E-state index in [-0.39, 0.29) is 0 Å². The molecule has 0 unspecified atom stereocenters. The summed E-state index contributed by atoms with van der Waals surface area (Å²) in [6, 6.07) is 16.7. The first-order valence-corrected chi connectivity index (χ1v) is 10.4. The Morgan fingerprint density at radius 1 is 1.13 bits per heavy atom. The van der Waals surface area contributed by atoms with Crippen molar-refractivity contribution in [2.45, 2.75) is 33.4 Å². The van der Waals surface area contributed by atoms with Crippen LogP contribution in [0.25, 0.3) is 0 Å². The quantitative estimate of drug-likeness (QED) is 0.422. The Balaban J connectivity index is 1.51. The molecular weight excluding hydrogens is 374 g/mol. The van der Waals surface area contributed by atoms with Gasteiger partial charge in [-0.3, -0.25) is 4.99 Å². The normalized spacial score (nSPS) is 11.4. The van der Waals surface area contributed by atoms with Crippen molar-refractivity contribution in [3.05, 3.63) is 83.4 Å². The van der Waals surface area contributed by atoms with E-state index < -0.39 is 0 Å². The number of hydrogen-bond acceptors (Lipinski definition) is 3. The predicted molar refractivity (Wildman–Crippen MR) is 122 cm³/mol. The van der Waals surface area contributed by atoms with Gasteiger partial charge in [-0.2, -0.15) is 0 Å². The lowest BCUT2D eigenvalue weighted by molar-refractivity contribution is 0.336. The van der Waals surface area contributed by atoms with Crippen molar-refractivity contribution in [2.75, 3.05) is 20.2 Å². The van der Waals surface area contributed by atoms with Crippen molar-refractivity contribution in [1.82, 2.24) is 20.2 Å². The van der Waals surface area contributed by atoms with Crippen LogP contribution in [-0.4, -0.2) is 35.7 Å². The number of aromatic nitrogens is 2. The zero-order valence-corrected chi connectivity index (χ0v) is 18.1. The smallest absolute Gasteiger partial charge is 0.191 e. The third kappa shape index (κ3) is 6.11. The van der Waals surface area contributed by atoms with E-state index in [0.717, 1.165) is 42.6 Å². The molecule has 6 heteroatoms. The summed E-state index contributed by atoms with van der Waals surface area (Å²) in [5.74, 6) is 2.74. The zero-order valence-electron chi connectivity index (χ0n) is 18.1. The van der Waals surface area contributed by atoms with Crippen LogP contribution >= 0.6 is 0 Å². The van der Waals surface area contributed by atoms with Gasteiger partial charge in [-0.05, 0) is 31.0 Å². The van der Waals surface area contributed by atoms with E-state index in [1.807, 2.05) is 25.4 Å². The standard InChI is InChI=1S/C24H31N5O/c1-4-30-22-16-19(2)10-11-21(22)17-28-24(25-3)27-13-12-23-26-14-15-29(23)18-20-8-6-5-7-9-20/h5-11,14-16H,4,12-13,17-18H2,1-3H3,(H2,25,27,28). The van der Waals surface area contributed by atoms with E-state index in [2.05, 4.69) is 74.6 Å². The number of imidazole rings is 1. The van der Waals surface area contributed by atoms with E-state index in [4.69, 9.17) is 4.74 Å². The second kappa shape index (κ2) is 11.0. The molecule has 0 aliphatic carbocycles. The Morgan fingerprint density at radius 2 is 1.97 bits per heavy atom. The molecule has 0 spiro atoms. The number of aryl methyl sites for hydroxylation is 1. The number of aliphatic imine (C=N–C) groups is 1. The molecule has 0 fully saturated rings. The van der Waals surface area contributed by atoms with Crippen LogP contribution in [0.4, 0.5) is 0 Å². The van der Waals surface area contributed by atoms with Gasteiger partial charge in [-0.15, -0.1) is 0 Å². The number of nitrogens with one attached hydrogen (secondary N) is 2. The lowest BCUT2D eigenvalue weighted by atomic mass is 10.1. The minimum Gasteiger partial charge on any atom is -0.494 e. The van der Waals surface area contributed by atoms with Crippen molar-refractivity contribution in [1.29, 1.82) is 0 Å². The third-order valence-electron chi connectivity index (χ3n) is 4.83. The van der Waals surface area contributed by atoms with Gasteiger partial charge < -0.3 is 19.9 Å². The zero-order chi connectivity index (χ0) is 21.2. The van der Waals surface area contributed by atoms with Crippen molar-refractivity contribution in [2.24, 2.45) is 4.99 Å². The summed E-state index contributed by atoms with van der Waals surface area (Å²) >= 11 is 0. The van der Waals surface area contributed by atoms with Crippen LogP contribution in [0.15, 0.2) is 65.9 Å².